The number of ether oxygens (including phenoxy) is 1. The molecule has 0 radical (unpaired) electrons. The zero-order chi connectivity index (χ0) is 29.1. The summed E-state index contributed by atoms with van der Waals surface area (Å²) in [7, 11) is 1.83. The quantitative estimate of drug-likeness (QED) is 0.337. The van der Waals surface area contributed by atoms with E-state index in [4.69, 9.17) is 9.72 Å². The van der Waals surface area contributed by atoms with Crippen LogP contribution in [0.5, 0.6) is 5.88 Å². The van der Waals surface area contributed by atoms with Gasteiger partial charge in [-0.05, 0) is 72.8 Å². The lowest BCUT2D eigenvalue weighted by Crippen LogP contribution is -2.20. The van der Waals surface area contributed by atoms with Crippen LogP contribution in [0.1, 0.15) is 87.0 Å². The number of nitriles is 1. The molecule has 0 bridgehead atoms. The Bertz CT molecular complexity index is 1410. The zero-order valence-electron chi connectivity index (χ0n) is 24.5. The third-order valence-corrected chi connectivity index (χ3v) is 7.62. The molecule has 0 aliphatic carbocycles. The average molecular weight is 544 g/mol. The minimum absolute atomic E-state index is 0.0369. The number of aliphatic carboxylic acids is 1. The first kappa shape index (κ1) is 29.1. The van der Waals surface area contributed by atoms with Crippen molar-refractivity contribution in [1.82, 2.24) is 14.8 Å². The molecule has 2 N–H and O–H groups in total. The van der Waals surface area contributed by atoms with Crippen molar-refractivity contribution in [3.8, 4) is 11.9 Å². The number of rotatable bonds is 10. The topological polar surface area (TPSA) is 113 Å². The van der Waals surface area contributed by atoms with Crippen molar-refractivity contribution >= 4 is 11.8 Å². The molecule has 0 fully saturated rings. The molecule has 1 aliphatic heterocycles. The fourth-order valence-electron chi connectivity index (χ4n) is 5.03. The minimum Gasteiger partial charge on any atom is -0.481 e. The van der Waals surface area contributed by atoms with E-state index in [1.807, 2.05) is 33.0 Å². The molecule has 1 atom stereocenters. The van der Waals surface area contributed by atoms with E-state index < -0.39 is 11.4 Å². The number of nitrogens with zero attached hydrogens (tertiary/aromatic N) is 4. The average Bonchev–Trinajstić information content (AvgIpc) is 3.25. The van der Waals surface area contributed by atoms with Crippen molar-refractivity contribution in [2.45, 2.75) is 83.5 Å². The van der Waals surface area contributed by atoms with E-state index in [1.54, 1.807) is 4.68 Å². The number of aryl methyl sites for hydroxylation is 2. The molecule has 0 spiro atoms. The smallest absolute Gasteiger partial charge is 0.303 e. The number of benzene rings is 1. The number of carboxylic acids is 1. The van der Waals surface area contributed by atoms with Gasteiger partial charge in [0.15, 0.2) is 0 Å². The molecule has 2 aromatic heterocycles. The van der Waals surface area contributed by atoms with Gasteiger partial charge in [-0.2, -0.15) is 10.4 Å². The Morgan fingerprint density at radius 3 is 2.60 bits per heavy atom. The maximum Gasteiger partial charge on any atom is 0.303 e. The maximum atomic E-state index is 11.9. The van der Waals surface area contributed by atoms with Gasteiger partial charge in [0.25, 0.3) is 0 Å². The highest BCUT2D eigenvalue weighted by Crippen LogP contribution is 2.35. The number of hydrogen-bond donors (Lipinski definition) is 2. The lowest BCUT2D eigenvalue weighted by atomic mass is 9.77. The Labute approximate surface area is 237 Å². The molecule has 8 nitrogen and oxygen atoms in total. The second kappa shape index (κ2) is 11.7. The van der Waals surface area contributed by atoms with Gasteiger partial charge in [-0.15, -0.1) is 0 Å². The molecule has 4 rings (SSSR count). The summed E-state index contributed by atoms with van der Waals surface area (Å²) >= 11 is 0. The number of carboxylic acid groups (broad SMARTS) is 1. The van der Waals surface area contributed by atoms with Gasteiger partial charge in [-0.1, -0.05) is 45.0 Å². The summed E-state index contributed by atoms with van der Waals surface area (Å²) in [5.41, 5.74) is 5.04. The van der Waals surface area contributed by atoms with E-state index in [1.165, 1.54) is 5.56 Å². The summed E-state index contributed by atoms with van der Waals surface area (Å²) in [4.78, 5) is 16.7. The van der Waals surface area contributed by atoms with Gasteiger partial charge in [-0.25, -0.2) is 9.67 Å². The Hall–Kier alpha value is -3.86. The molecular weight excluding hydrogens is 502 g/mol. The highest BCUT2D eigenvalue weighted by Gasteiger charge is 2.27. The lowest BCUT2D eigenvalue weighted by molar-refractivity contribution is -0.137. The number of anilines is 1. The van der Waals surface area contributed by atoms with E-state index in [9.17, 15) is 15.2 Å². The standard InChI is InChI=1S/C32H41N5O3/c1-31(2,3)24-14-22(15-25(18-24)32(4,5)20-33)23(17-29(38)39)16-27-19-28(37(6)36-27)40-13-11-26-10-9-21-8-7-12-34-30(21)35-26/h9-10,14-15,18-19,23H,7-8,11-13,16-17H2,1-6H3,(H,34,35)(H,38,39). The van der Waals surface area contributed by atoms with Crippen LogP contribution in [0.25, 0.3) is 0 Å². The fourth-order valence-corrected chi connectivity index (χ4v) is 5.03. The lowest BCUT2D eigenvalue weighted by Gasteiger charge is -2.26. The number of carbonyl (C=O) groups is 1. The number of pyridine rings is 1. The first-order valence-electron chi connectivity index (χ1n) is 14.0. The summed E-state index contributed by atoms with van der Waals surface area (Å²) in [6.45, 7) is 11.6. The van der Waals surface area contributed by atoms with Gasteiger partial charge < -0.3 is 15.2 Å². The van der Waals surface area contributed by atoms with Crippen LogP contribution < -0.4 is 10.1 Å². The summed E-state index contributed by atoms with van der Waals surface area (Å²) in [6.07, 6.45) is 3.28. The molecule has 212 valence electrons. The molecule has 0 saturated carbocycles. The fraction of sp³-hybridized carbons (Fsp3) is 0.500. The molecular formula is C32H41N5O3. The van der Waals surface area contributed by atoms with Crippen LogP contribution in [0.4, 0.5) is 5.82 Å². The number of hydrogen-bond acceptors (Lipinski definition) is 6. The zero-order valence-corrected chi connectivity index (χ0v) is 24.5. The molecule has 3 aromatic rings. The highest BCUT2D eigenvalue weighted by atomic mass is 16.5. The molecule has 0 amide bonds. The van der Waals surface area contributed by atoms with Crippen LogP contribution in [0.15, 0.2) is 36.4 Å². The van der Waals surface area contributed by atoms with Crippen molar-refractivity contribution in [2.24, 2.45) is 7.05 Å². The third-order valence-electron chi connectivity index (χ3n) is 7.62. The first-order valence-corrected chi connectivity index (χ1v) is 14.0. The van der Waals surface area contributed by atoms with Gasteiger partial charge in [-0.3, -0.25) is 4.79 Å². The van der Waals surface area contributed by atoms with Crippen molar-refractivity contribution in [3.05, 3.63) is 70.0 Å². The molecule has 1 aliphatic rings. The second-order valence-corrected chi connectivity index (χ2v) is 12.4. The molecule has 3 heterocycles. The molecule has 40 heavy (non-hydrogen) atoms. The van der Waals surface area contributed by atoms with Gasteiger partial charge in [0, 0.05) is 31.8 Å². The largest absolute Gasteiger partial charge is 0.481 e. The third kappa shape index (κ3) is 7.01. The van der Waals surface area contributed by atoms with E-state index in [0.717, 1.165) is 53.3 Å². The molecule has 1 aromatic carbocycles. The van der Waals surface area contributed by atoms with Crippen LogP contribution in [-0.4, -0.2) is 39.0 Å². The number of nitrogens with one attached hydrogen (secondary N) is 1. The predicted octanol–water partition coefficient (Wildman–Crippen LogP) is 5.69. The van der Waals surface area contributed by atoms with E-state index in [2.05, 4.69) is 61.5 Å². The Balaban J connectivity index is 1.52. The molecule has 0 saturated heterocycles. The summed E-state index contributed by atoms with van der Waals surface area (Å²) < 4.78 is 7.76. The summed E-state index contributed by atoms with van der Waals surface area (Å²) in [5.74, 6) is 0.442. The van der Waals surface area contributed by atoms with Crippen LogP contribution >= 0.6 is 0 Å². The Morgan fingerprint density at radius 2 is 1.90 bits per heavy atom. The monoisotopic (exact) mass is 543 g/mol. The summed E-state index contributed by atoms with van der Waals surface area (Å²) in [5, 5.41) is 27.6. The van der Waals surface area contributed by atoms with E-state index >= 15 is 0 Å². The Morgan fingerprint density at radius 1 is 1.15 bits per heavy atom. The van der Waals surface area contributed by atoms with Gasteiger partial charge in [0.1, 0.15) is 5.82 Å². The SMILES string of the molecule is Cn1nc(CC(CC(=O)O)c2cc(C(C)(C)C)cc(C(C)(C)C#N)c2)cc1OCCc1ccc2c(n1)NCCC2. The van der Waals surface area contributed by atoms with Crippen molar-refractivity contribution in [3.63, 3.8) is 0 Å². The van der Waals surface area contributed by atoms with Gasteiger partial charge >= 0.3 is 5.97 Å². The van der Waals surface area contributed by atoms with Crippen LogP contribution in [0.2, 0.25) is 0 Å². The normalized spacial score (nSPS) is 14.1. The minimum atomic E-state index is -0.869. The van der Waals surface area contributed by atoms with E-state index in [-0.39, 0.29) is 17.8 Å². The van der Waals surface area contributed by atoms with Crippen LogP contribution in [0, 0.1) is 11.3 Å². The predicted molar refractivity (Wildman–Crippen MR) is 156 cm³/mol. The highest BCUT2D eigenvalue weighted by molar-refractivity contribution is 5.68. The summed E-state index contributed by atoms with van der Waals surface area (Å²) in [6, 6.07) is 14.7. The number of fused-ring (bicyclic) bond motifs is 1. The first-order chi connectivity index (χ1) is 18.9. The number of aromatic nitrogens is 3. The van der Waals surface area contributed by atoms with Crippen molar-refractivity contribution < 1.29 is 14.6 Å². The maximum absolute atomic E-state index is 11.9. The van der Waals surface area contributed by atoms with Gasteiger partial charge in [0.2, 0.25) is 5.88 Å². The van der Waals surface area contributed by atoms with Gasteiger partial charge in [0.05, 0.1) is 30.2 Å². The van der Waals surface area contributed by atoms with Crippen LogP contribution in [0.3, 0.4) is 0 Å². The molecule has 1 unspecified atom stereocenters. The van der Waals surface area contributed by atoms with Crippen molar-refractivity contribution in [2.75, 3.05) is 18.5 Å². The van der Waals surface area contributed by atoms with Crippen LogP contribution in [-0.2, 0) is 41.9 Å². The second-order valence-electron chi connectivity index (χ2n) is 12.4. The van der Waals surface area contributed by atoms with Crippen molar-refractivity contribution in [1.29, 1.82) is 5.26 Å². The molecule has 8 heteroatoms. The van der Waals surface area contributed by atoms with E-state index in [0.29, 0.717) is 25.3 Å². The Kier molecular flexibility index (Phi) is 8.53.